The van der Waals surface area contributed by atoms with Gasteiger partial charge in [0.2, 0.25) is 5.91 Å². The molecule has 0 saturated carbocycles. The minimum atomic E-state index is -0.0839. The lowest BCUT2D eigenvalue weighted by Gasteiger charge is -2.10. The highest BCUT2D eigenvalue weighted by Crippen LogP contribution is 2.24. The van der Waals surface area contributed by atoms with Gasteiger partial charge in [0.25, 0.3) is 0 Å². The van der Waals surface area contributed by atoms with E-state index in [-0.39, 0.29) is 36.8 Å². The van der Waals surface area contributed by atoms with Crippen LogP contribution in [0.5, 0.6) is 0 Å². The van der Waals surface area contributed by atoms with Gasteiger partial charge < -0.3 is 9.88 Å². The lowest BCUT2D eigenvalue weighted by Crippen LogP contribution is -2.37. The van der Waals surface area contributed by atoms with E-state index in [1.807, 2.05) is 12.1 Å². The number of hydrogen-bond donors (Lipinski definition) is 2. The number of carbonyl (C=O) groups excluding carboxylic acids is 1. The van der Waals surface area contributed by atoms with Crippen molar-refractivity contribution in [3.05, 3.63) is 24.0 Å². The summed E-state index contributed by atoms with van der Waals surface area (Å²) in [5.41, 5.74) is 3.01. The first-order valence-electron chi connectivity index (χ1n) is 7.92. The molecule has 1 atom stereocenters. The van der Waals surface area contributed by atoms with Crippen molar-refractivity contribution >= 4 is 59.2 Å². The number of benzene rings is 1. The Bertz CT molecular complexity index is 715. The van der Waals surface area contributed by atoms with E-state index < -0.39 is 0 Å². The van der Waals surface area contributed by atoms with Crippen molar-refractivity contribution in [1.29, 1.82) is 0 Å². The van der Waals surface area contributed by atoms with E-state index in [4.69, 9.17) is 4.98 Å². The fraction of sp³-hybridized carbons (Fsp3) is 0.500. The molecular formula is C16H22Cl2N4OS. The maximum absolute atomic E-state index is 12.2. The van der Waals surface area contributed by atoms with E-state index in [1.54, 1.807) is 11.8 Å². The Morgan fingerprint density at radius 2 is 2.17 bits per heavy atom. The largest absolute Gasteiger partial charge is 0.328 e. The van der Waals surface area contributed by atoms with Crippen molar-refractivity contribution in [1.82, 2.24) is 14.9 Å². The molecule has 2 aromatic rings. The number of fused-ring (bicyclic) bond motifs is 3. The maximum atomic E-state index is 12.2. The van der Waals surface area contributed by atoms with Gasteiger partial charge in [-0.1, -0.05) is 6.42 Å². The van der Waals surface area contributed by atoms with Gasteiger partial charge in [0.1, 0.15) is 5.82 Å². The van der Waals surface area contributed by atoms with Gasteiger partial charge >= 0.3 is 0 Å². The molecule has 1 unspecified atom stereocenters. The van der Waals surface area contributed by atoms with E-state index in [1.165, 1.54) is 30.6 Å². The summed E-state index contributed by atoms with van der Waals surface area (Å²) < 4.78 is 2.34. The Labute approximate surface area is 158 Å². The number of aryl methyl sites for hydroxylation is 2. The van der Waals surface area contributed by atoms with Crippen molar-refractivity contribution in [2.45, 2.75) is 38.3 Å². The van der Waals surface area contributed by atoms with Crippen LogP contribution >= 0.6 is 36.6 Å². The topological polar surface area (TPSA) is 59.0 Å². The second-order valence-electron chi connectivity index (χ2n) is 5.95. The van der Waals surface area contributed by atoms with Crippen LogP contribution in [0, 0.1) is 0 Å². The molecular weight excluding hydrogens is 367 g/mol. The number of nitrogens with zero attached hydrogens (tertiary/aromatic N) is 2. The zero-order chi connectivity index (χ0) is 14.9. The number of thioether (sulfide) groups is 1. The highest BCUT2D eigenvalue weighted by molar-refractivity contribution is 7.99. The number of imidazole rings is 1. The zero-order valence-corrected chi connectivity index (χ0v) is 15.7. The lowest BCUT2D eigenvalue weighted by molar-refractivity contribution is -0.117. The number of nitrogens with one attached hydrogen (secondary N) is 2. The van der Waals surface area contributed by atoms with Gasteiger partial charge in [0.05, 0.1) is 17.1 Å². The van der Waals surface area contributed by atoms with Crippen LogP contribution in [0.1, 0.15) is 25.1 Å². The highest BCUT2D eigenvalue weighted by Gasteiger charge is 2.22. The maximum Gasteiger partial charge on any atom is 0.242 e. The van der Waals surface area contributed by atoms with Crippen molar-refractivity contribution in [3.8, 4) is 0 Å². The van der Waals surface area contributed by atoms with Gasteiger partial charge in [-0.15, -0.1) is 36.6 Å². The zero-order valence-electron chi connectivity index (χ0n) is 13.3. The van der Waals surface area contributed by atoms with E-state index in [0.29, 0.717) is 0 Å². The second kappa shape index (κ2) is 8.43. The third-order valence-corrected chi connectivity index (χ3v) is 5.35. The molecule has 0 bridgehead atoms. The number of rotatable bonds is 2. The molecule has 0 radical (unpaired) electrons. The number of hydrogen-bond acceptors (Lipinski definition) is 4. The van der Waals surface area contributed by atoms with Crippen LogP contribution in [0.4, 0.5) is 5.69 Å². The average molecular weight is 389 g/mol. The smallest absolute Gasteiger partial charge is 0.242 e. The molecule has 0 aliphatic carbocycles. The van der Waals surface area contributed by atoms with Crippen molar-refractivity contribution in [2.75, 3.05) is 16.9 Å². The van der Waals surface area contributed by atoms with Gasteiger partial charge in [-0.3, -0.25) is 10.1 Å². The molecule has 2 N–H and O–H groups in total. The van der Waals surface area contributed by atoms with Crippen LogP contribution < -0.4 is 10.6 Å². The normalized spacial score (nSPS) is 19.8. The van der Waals surface area contributed by atoms with Crippen LogP contribution in [0.25, 0.3) is 11.0 Å². The van der Waals surface area contributed by atoms with Crippen molar-refractivity contribution in [2.24, 2.45) is 0 Å². The molecule has 4 rings (SSSR count). The van der Waals surface area contributed by atoms with Gasteiger partial charge in [-0.25, -0.2) is 4.98 Å². The quantitative estimate of drug-likeness (QED) is 0.828. The molecule has 3 heterocycles. The predicted octanol–water partition coefficient (Wildman–Crippen LogP) is 3.21. The Hall–Kier alpha value is -0.950. The van der Waals surface area contributed by atoms with Crippen molar-refractivity contribution in [3.63, 3.8) is 0 Å². The number of amides is 1. The fourth-order valence-electron chi connectivity index (χ4n) is 3.22. The lowest BCUT2D eigenvalue weighted by atomic mass is 10.2. The summed E-state index contributed by atoms with van der Waals surface area (Å²) >= 11 is 1.76. The number of anilines is 1. The number of carbonyl (C=O) groups is 1. The summed E-state index contributed by atoms with van der Waals surface area (Å²) in [5.74, 6) is 2.92. The van der Waals surface area contributed by atoms with E-state index in [2.05, 4.69) is 21.3 Å². The number of halogens is 2. The third kappa shape index (κ3) is 3.82. The van der Waals surface area contributed by atoms with Crippen LogP contribution in [0.15, 0.2) is 18.2 Å². The molecule has 132 valence electrons. The Kier molecular flexibility index (Phi) is 6.80. The summed E-state index contributed by atoms with van der Waals surface area (Å²) in [6.45, 7) is 1.06. The van der Waals surface area contributed by atoms with Gasteiger partial charge in [0.15, 0.2) is 0 Å². The monoisotopic (exact) mass is 388 g/mol. The Morgan fingerprint density at radius 1 is 1.29 bits per heavy atom. The predicted molar refractivity (Wildman–Crippen MR) is 105 cm³/mol. The van der Waals surface area contributed by atoms with E-state index >= 15 is 0 Å². The molecule has 8 heteroatoms. The summed E-state index contributed by atoms with van der Waals surface area (Å²) in [6, 6.07) is 5.99. The summed E-state index contributed by atoms with van der Waals surface area (Å²) in [5, 5.41) is 6.20. The molecule has 5 nitrogen and oxygen atoms in total. The summed E-state index contributed by atoms with van der Waals surface area (Å²) in [7, 11) is 0. The Balaban J connectivity index is 0.00000104. The molecule has 0 spiro atoms. The fourth-order valence-corrected chi connectivity index (χ4v) is 4.16. The molecule has 1 saturated heterocycles. The molecule has 24 heavy (non-hydrogen) atoms. The standard InChI is InChI=1S/C16H20N4OS.2ClH/c21-16(13-9-22-10-17-13)18-11-5-6-14-12(8-11)19-15-4-2-1-3-7-20(14)15;;/h5-6,8,13,17H,1-4,7,9-10H2,(H,18,21);2*1H. The highest BCUT2D eigenvalue weighted by atomic mass is 35.5. The number of aromatic nitrogens is 2. The summed E-state index contributed by atoms with van der Waals surface area (Å²) in [4.78, 5) is 16.9. The first-order valence-corrected chi connectivity index (χ1v) is 9.08. The van der Waals surface area contributed by atoms with Gasteiger partial charge in [0, 0.05) is 30.3 Å². The first kappa shape index (κ1) is 19.4. The molecule has 1 aromatic heterocycles. The van der Waals surface area contributed by atoms with Crippen LogP contribution in [-0.2, 0) is 17.8 Å². The van der Waals surface area contributed by atoms with E-state index in [0.717, 1.165) is 35.8 Å². The third-order valence-electron chi connectivity index (χ3n) is 4.41. The molecule has 1 aromatic carbocycles. The molecule has 2 aliphatic heterocycles. The second-order valence-corrected chi connectivity index (χ2v) is 6.99. The van der Waals surface area contributed by atoms with Gasteiger partial charge in [-0.2, -0.15) is 0 Å². The van der Waals surface area contributed by atoms with Crippen LogP contribution in [0.2, 0.25) is 0 Å². The SMILES string of the molecule is Cl.Cl.O=C(Nc1ccc2c(c1)nc1n2CCCCC1)C1CSCN1. The minimum absolute atomic E-state index is 0. The van der Waals surface area contributed by atoms with Gasteiger partial charge in [-0.05, 0) is 31.0 Å². The minimum Gasteiger partial charge on any atom is -0.328 e. The van der Waals surface area contributed by atoms with E-state index in [9.17, 15) is 4.79 Å². The first-order chi connectivity index (χ1) is 10.8. The van der Waals surface area contributed by atoms with Crippen molar-refractivity contribution < 1.29 is 4.79 Å². The molecule has 2 aliphatic rings. The average Bonchev–Trinajstić information content (AvgIpc) is 3.10. The van der Waals surface area contributed by atoms with Crippen LogP contribution in [-0.4, -0.2) is 33.1 Å². The summed E-state index contributed by atoms with van der Waals surface area (Å²) in [6.07, 6.45) is 4.78. The Morgan fingerprint density at radius 3 is 2.96 bits per heavy atom. The molecule has 1 fully saturated rings. The van der Waals surface area contributed by atoms with Crippen LogP contribution in [0.3, 0.4) is 0 Å². The molecule has 1 amide bonds.